The van der Waals surface area contributed by atoms with Gasteiger partial charge < -0.3 is 9.73 Å². The van der Waals surface area contributed by atoms with Crippen LogP contribution in [0.25, 0.3) is 16.3 Å². The third-order valence-corrected chi connectivity index (χ3v) is 7.67. The maximum absolute atomic E-state index is 13.0. The number of hydrogen-bond acceptors (Lipinski definition) is 5. The van der Waals surface area contributed by atoms with E-state index < -0.39 is 4.92 Å². The van der Waals surface area contributed by atoms with E-state index in [0.29, 0.717) is 18.2 Å². The van der Waals surface area contributed by atoms with Crippen molar-refractivity contribution in [3.05, 3.63) is 118 Å². The van der Waals surface area contributed by atoms with Gasteiger partial charge in [-0.2, -0.15) is 0 Å². The number of furan rings is 1. The molecule has 0 aliphatic carbocycles. The summed E-state index contributed by atoms with van der Waals surface area (Å²) in [6, 6.07) is 25.3. The van der Waals surface area contributed by atoms with E-state index in [1.54, 1.807) is 6.26 Å². The summed E-state index contributed by atoms with van der Waals surface area (Å²) < 4.78 is 5.66. The first-order chi connectivity index (χ1) is 18.1. The molecule has 6 rings (SSSR count). The second-order valence-corrected chi connectivity index (χ2v) is 9.76. The molecule has 2 bridgehead atoms. The van der Waals surface area contributed by atoms with Gasteiger partial charge in [0.05, 0.1) is 17.7 Å². The maximum atomic E-state index is 13.0. The molecule has 0 radical (unpaired) electrons. The van der Waals surface area contributed by atoms with Gasteiger partial charge in [0, 0.05) is 36.3 Å². The molecule has 2 aliphatic rings. The zero-order valence-corrected chi connectivity index (χ0v) is 20.3. The van der Waals surface area contributed by atoms with Crippen molar-refractivity contribution in [2.45, 2.75) is 37.9 Å². The minimum absolute atomic E-state index is 0.0318. The summed E-state index contributed by atoms with van der Waals surface area (Å²) >= 11 is 0. The van der Waals surface area contributed by atoms with Crippen LogP contribution in [0.1, 0.15) is 40.9 Å². The van der Waals surface area contributed by atoms with Crippen LogP contribution in [-0.4, -0.2) is 34.4 Å². The Morgan fingerprint density at radius 1 is 1.00 bits per heavy atom. The lowest BCUT2D eigenvalue weighted by Crippen LogP contribution is -2.43. The number of non-ortho nitro benzene ring substituents is 1. The average Bonchev–Trinajstić information content (AvgIpc) is 3.54. The molecule has 0 spiro atoms. The Morgan fingerprint density at radius 2 is 1.81 bits per heavy atom. The highest BCUT2D eigenvalue weighted by molar-refractivity contribution is 5.95. The molecule has 7 heteroatoms. The van der Waals surface area contributed by atoms with Crippen molar-refractivity contribution >= 4 is 27.9 Å². The Labute approximate surface area is 214 Å². The molecule has 2 atom stereocenters. The number of hydrogen-bond donors (Lipinski definition) is 1. The first kappa shape index (κ1) is 23.2. The molecule has 1 aromatic heterocycles. The number of nitrogens with one attached hydrogen (secondary N) is 1. The van der Waals surface area contributed by atoms with Gasteiger partial charge >= 0.3 is 0 Å². The number of fused-ring (bicyclic) bond motifs is 3. The van der Waals surface area contributed by atoms with E-state index in [1.807, 2.05) is 18.2 Å². The van der Waals surface area contributed by atoms with Gasteiger partial charge in [0.25, 0.3) is 11.6 Å². The molecule has 4 aromatic rings. The van der Waals surface area contributed by atoms with Crippen LogP contribution in [0.15, 0.2) is 95.1 Å². The maximum Gasteiger partial charge on any atom is 0.269 e. The number of benzene rings is 3. The van der Waals surface area contributed by atoms with Gasteiger partial charge in [0.2, 0.25) is 0 Å². The van der Waals surface area contributed by atoms with Crippen LogP contribution in [0.3, 0.4) is 0 Å². The molecule has 1 saturated heterocycles. The lowest BCUT2D eigenvalue weighted by Gasteiger charge is -2.38. The van der Waals surface area contributed by atoms with Crippen molar-refractivity contribution in [2.24, 2.45) is 0 Å². The van der Waals surface area contributed by atoms with E-state index in [2.05, 4.69) is 46.6 Å². The minimum Gasteiger partial charge on any atom is -0.468 e. The van der Waals surface area contributed by atoms with Crippen LogP contribution >= 0.6 is 0 Å². The Bertz CT molecular complexity index is 1490. The van der Waals surface area contributed by atoms with Crippen molar-refractivity contribution in [3.63, 3.8) is 0 Å². The summed E-state index contributed by atoms with van der Waals surface area (Å²) in [5.74, 6) is 0.707. The van der Waals surface area contributed by atoms with Crippen LogP contribution in [0.2, 0.25) is 0 Å². The van der Waals surface area contributed by atoms with Gasteiger partial charge in [-0.15, -0.1) is 0 Å². The number of nitro benzene ring substituents is 1. The zero-order valence-electron chi connectivity index (χ0n) is 20.3. The Kier molecular flexibility index (Phi) is 6.06. The monoisotopic (exact) mass is 493 g/mol. The fourth-order valence-electron chi connectivity index (χ4n) is 5.84. The Morgan fingerprint density at radius 3 is 2.57 bits per heavy atom. The molecule has 186 valence electrons. The van der Waals surface area contributed by atoms with Crippen molar-refractivity contribution < 1.29 is 14.1 Å². The zero-order chi connectivity index (χ0) is 25.4. The highest BCUT2D eigenvalue weighted by Crippen LogP contribution is 2.44. The summed E-state index contributed by atoms with van der Waals surface area (Å²) in [6.45, 7) is 1.16. The summed E-state index contributed by atoms with van der Waals surface area (Å²) in [5.41, 5.74) is 4.11. The number of nitro groups is 1. The predicted octanol–water partition coefficient (Wildman–Crippen LogP) is 5.96. The molecule has 7 nitrogen and oxygen atoms in total. The van der Waals surface area contributed by atoms with Gasteiger partial charge in [0.1, 0.15) is 5.76 Å². The third kappa shape index (κ3) is 4.54. The summed E-state index contributed by atoms with van der Waals surface area (Å²) in [5, 5.41) is 16.5. The van der Waals surface area contributed by atoms with Crippen LogP contribution in [-0.2, 0) is 6.54 Å². The average molecular weight is 494 g/mol. The quantitative estimate of drug-likeness (QED) is 0.253. The van der Waals surface area contributed by atoms with E-state index in [4.69, 9.17) is 4.42 Å². The molecular formula is C30H27N3O4. The van der Waals surface area contributed by atoms with Gasteiger partial charge in [-0.1, -0.05) is 36.4 Å². The van der Waals surface area contributed by atoms with Crippen molar-refractivity contribution in [1.29, 1.82) is 0 Å². The number of amides is 1. The third-order valence-electron chi connectivity index (χ3n) is 7.67. The lowest BCUT2D eigenvalue weighted by molar-refractivity contribution is -0.384. The van der Waals surface area contributed by atoms with Crippen molar-refractivity contribution in [3.8, 4) is 0 Å². The smallest absolute Gasteiger partial charge is 0.269 e. The molecule has 1 amide bonds. The summed E-state index contributed by atoms with van der Waals surface area (Å²) in [4.78, 5) is 26.0. The highest BCUT2D eigenvalue weighted by atomic mass is 16.6. The topological polar surface area (TPSA) is 88.6 Å². The molecule has 1 N–H and O–H groups in total. The summed E-state index contributed by atoms with van der Waals surface area (Å²) in [6.07, 6.45) is 4.76. The number of carbonyl (C=O) groups is 1. The normalized spacial score (nSPS) is 19.4. The molecule has 3 heterocycles. The number of nitrogens with zero attached hydrogens (tertiary/aromatic N) is 2. The van der Waals surface area contributed by atoms with Crippen molar-refractivity contribution in [2.75, 3.05) is 6.54 Å². The number of carbonyl (C=O) groups excluding carboxylic acids is 1. The molecule has 37 heavy (non-hydrogen) atoms. The molecule has 3 aromatic carbocycles. The Balaban J connectivity index is 1.32. The minimum atomic E-state index is -0.464. The second-order valence-electron chi connectivity index (χ2n) is 9.76. The van der Waals surface area contributed by atoms with E-state index >= 15 is 0 Å². The SMILES string of the molecule is O=C(NCC1=C(c2ccc3ccccc3c2)C[C@@H]2CC[C@H]1N2Cc1ccco1)c1ccc([N+](=O)[O-])cc1. The number of rotatable bonds is 7. The largest absolute Gasteiger partial charge is 0.468 e. The molecule has 2 aliphatic heterocycles. The molecular weight excluding hydrogens is 466 g/mol. The van der Waals surface area contributed by atoms with Crippen LogP contribution < -0.4 is 5.32 Å². The predicted molar refractivity (Wildman–Crippen MR) is 142 cm³/mol. The van der Waals surface area contributed by atoms with Crippen LogP contribution in [0.4, 0.5) is 5.69 Å². The summed E-state index contributed by atoms with van der Waals surface area (Å²) in [7, 11) is 0. The van der Waals surface area contributed by atoms with E-state index in [1.165, 1.54) is 51.7 Å². The van der Waals surface area contributed by atoms with E-state index in [0.717, 1.165) is 31.6 Å². The molecule has 1 fully saturated rings. The van der Waals surface area contributed by atoms with Gasteiger partial charge in [-0.3, -0.25) is 19.8 Å². The first-order valence-electron chi connectivity index (χ1n) is 12.6. The fourth-order valence-corrected chi connectivity index (χ4v) is 5.84. The van der Waals surface area contributed by atoms with Crippen LogP contribution in [0, 0.1) is 10.1 Å². The lowest BCUT2D eigenvalue weighted by atomic mass is 9.87. The fraction of sp³-hybridized carbons (Fsp3) is 0.233. The van der Waals surface area contributed by atoms with E-state index in [9.17, 15) is 14.9 Å². The van der Waals surface area contributed by atoms with Crippen LogP contribution in [0.5, 0.6) is 0 Å². The standard InChI is InChI=1S/C30H27N3O4/c34-30(21-9-11-24(12-10-21)33(35)36)31-18-28-27(23-8-7-20-4-1-2-5-22(20)16-23)17-25-13-14-29(28)32(25)19-26-6-3-15-37-26/h1-12,15-16,25,29H,13-14,17-19H2,(H,31,34)/t25-,29+/m0/s1. The second kappa shape index (κ2) is 9.67. The highest BCUT2D eigenvalue weighted by Gasteiger charge is 2.41. The van der Waals surface area contributed by atoms with Crippen molar-refractivity contribution in [1.82, 2.24) is 10.2 Å². The van der Waals surface area contributed by atoms with Gasteiger partial charge in [0.15, 0.2) is 0 Å². The Hall–Kier alpha value is -4.23. The van der Waals surface area contributed by atoms with Gasteiger partial charge in [-0.25, -0.2) is 0 Å². The first-order valence-corrected chi connectivity index (χ1v) is 12.6. The van der Waals surface area contributed by atoms with E-state index in [-0.39, 0.29) is 17.6 Å². The molecule has 0 unspecified atom stereocenters. The molecule has 0 saturated carbocycles. The van der Waals surface area contributed by atoms with Gasteiger partial charge in [-0.05, 0) is 77.1 Å².